The van der Waals surface area contributed by atoms with Gasteiger partial charge in [0, 0.05) is 13.0 Å². The summed E-state index contributed by atoms with van der Waals surface area (Å²) in [5.74, 6) is 0.580. The Hall–Kier alpha value is -1.35. The van der Waals surface area contributed by atoms with E-state index >= 15 is 0 Å². The number of likely N-dealkylation sites (tertiary alicyclic amines) is 1. The topological polar surface area (TPSA) is 32.3 Å². The fourth-order valence-corrected chi connectivity index (χ4v) is 2.95. The van der Waals surface area contributed by atoms with E-state index in [0.29, 0.717) is 24.9 Å². The summed E-state index contributed by atoms with van der Waals surface area (Å²) < 4.78 is 0. The molecule has 0 bridgehead atoms. The van der Waals surface area contributed by atoms with Gasteiger partial charge in [-0.3, -0.25) is 9.69 Å². The Kier molecular flexibility index (Phi) is 5.80. The lowest BCUT2D eigenvalue weighted by Gasteiger charge is -2.28. The van der Waals surface area contributed by atoms with Gasteiger partial charge in [0.25, 0.3) is 0 Å². The first kappa shape index (κ1) is 16.0. The molecule has 116 valence electrons. The summed E-state index contributed by atoms with van der Waals surface area (Å²) in [4.78, 5) is 14.4. The lowest BCUT2D eigenvalue weighted by molar-refractivity contribution is -0.122. The van der Waals surface area contributed by atoms with Crippen molar-refractivity contribution >= 4 is 5.91 Å². The maximum Gasteiger partial charge on any atom is 0.220 e. The summed E-state index contributed by atoms with van der Waals surface area (Å²) in [7, 11) is 0. The van der Waals surface area contributed by atoms with Crippen LogP contribution < -0.4 is 5.32 Å². The van der Waals surface area contributed by atoms with E-state index in [4.69, 9.17) is 0 Å². The number of carbonyl (C=O) groups is 1. The zero-order valence-electron chi connectivity index (χ0n) is 13.6. The molecule has 2 rings (SSSR count). The standard InChI is InChI=1S/C18H28N2O/c1-14(2)12-18(21)19-13-17(20-10-4-5-11-20)16-8-6-15(3)7-9-16/h6-9,14,17H,4-5,10-13H2,1-3H3,(H,19,21)/t17-/m1/s1. The largest absolute Gasteiger partial charge is 0.354 e. The van der Waals surface area contributed by atoms with Crippen LogP contribution in [0.15, 0.2) is 24.3 Å². The Morgan fingerprint density at radius 1 is 1.19 bits per heavy atom. The third-order valence-electron chi connectivity index (χ3n) is 4.13. The van der Waals surface area contributed by atoms with Gasteiger partial charge >= 0.3 is 0 Å². The van der Waals surface area contributed by atoms with Crippen LogP contribution in [0.25, 0.3) is 0 Å². The molecule has 1 atom stereocenters. The number of rotatable bonds is 6. The van der Waals surface area contributed by atoms with E-state index < -0.39 is 0 Å². The Morgan fingerprint density at radius 3 is 2.38 bits per heavy atom. The Bertz CT molecular complexity index is 447. The van der Waals surface area contributed by atoms with E-state index in [9.17, 15) is 4.79 Å². The van der Waals surface area contributed by atoms with Gasteiger partial charge in [-0.1, -0.05) is 43.7 Å². The van der Waals surface area contributed by atoms with Gasteiger partial charge in [0.2, 0.25) is 5.91 Å². The zero-order valence-corrected chi connectivity index (χ0v) is 13.6. The van der Waals surface area contributed by atoms with Crippen molar-refractivity contribution in [2.24, 2.45) is 5.92 Å². The number of aryl methyl sites for hydroxylation is 1. The van der Waals surface area contributed by atoms with Crippen LogP contribution in [0.1, 0.15) is 50.3 Å². The van der Waals surface area contributed by atoms with E-state index in [2.05, 4.69) is 55.3 Å². The molecule has 1 aliphatic heterocycles. The van der Waals surface area contributed by atoms with Crippen molar-refractivity contribution in [2.75, 3.05) is 19.6 Å². The number of nitrogens with zero attached hydrogens (tertiary/aromatic N) is 1. The van der Waals surface area contributed by atoms with Crippen molar-refractivity contribution < 1.29 is 4.79 Å². The molecule has 1 aromatic rings. The molecule has 0 spiro atoms. The van der Waals surface area contributed by atoms with Crippen LogP contribution in [0.3, 0.4) is 0 Å². The molecule has 1 saturated heterocycles. The maximum atomic E-state index is 11.9. The summed E-state index contributed by atoms with van der Waals surface area (Å²) in [6.07, 6.45) is 3.14. The van der Waals surface area contributed by atoms with Crippen molar-refractivity contribution in [1.82, 2.24) is 10.2 Å². The minimum Gasteiger partial charge on any atom is -0.354 e. The Labute approximate surface area is 128 Å². The van der Waals surface area contributed by atoms with E-state index in [-0.39, 0.29) is 5.91 Å². The lowest BCUT2D eigenvalue weighted by atomic mass is 10.0. The summed E-state index contributed by atoms with van der Waals surface area (Å²) in [6.45, 7) is 9.26. The first-order valence-corrected chi connectivity index (χ1v) is 8.13. The van der Waals surface area contributed by atoms with Gasteiger partial charge in [-0.15, -0.1) is 0 Å². The SMILES string of the molecule is Cc1ccc([C@@H](CNC(=O)CC(C)C)N2CCCC2)cc1. The van der Waals surface area contributed by atoms with E-state index in [0.717, 1.165) is 13.1 Å². The van der Waals surface area contributed by atoms with Gasteiger partial charge in [-0.05, 0) is 44.3 Å². The molecule has 1 amide bonds. The molecular weight excluding hydrogens is 260 g/mol. The van der Waals surface area contributed by atoms with Gasteiger partial charge in [0.05, 0.1) is 6.04 Å². The van der Waals surface area contributed by atoms with Gasteiger partial charge < -0.3 is 5.32 Å². The number of hydrogen-bond donors (Lipinski definition) is 1. The maximum absolute atomic E-state index is 11.9. The predicted octanol–water partition coefficient (Wildman–Crippen LogP) is 3.29. The second-order valence-corrected chi connectivity index (χ2v) is 6.57. The quantitative estimate of drug-likeness (QED) is 0.871. The highest BCUT2D eigenvalue weighted by molar-refractivity contribution is 5.76. The van der Waals surface area contributed by atoms with Crippen LogP contribution in [0.2, 0.25) is 0 Å². The van der Waals surface area contributed by atoms with Crippen LogP contribution in [0.5, 0.6) is 0 Å². The van der Waals surface area contributed by atoms with E-state index in [1.807, 2.05) is 0 Å². The molecule has 0 aliphatic carbocycles. The molecule has 1 heterocycles. The number of amides is 1. The van der Waals surface area contributed by atoms with Crippen molar-refractivity contribution in [3.63, 3.8) is 0 Å². The molecule has 1 N–H and O–H groups in total. The number of nitrogens with one attached hydrogen (secondary N) is 1. The molecule has 0 unspecified atom stereocenters. The fourth-order valence-electron chi connectivity index (χ4n) is 2.95. The summed E-state index contributed by atoms with van der Waals surface area (Å²) in [5.41, 5.74) is 2.59. The molecule has 3 nitrogen and oxygen atoms in total. The smallest absolute Gasteiger partial charge is 0.220 e. The lowest BCUT2D eigenvalue weighted by Crippen LogP contribution is -2.37. The average Bonchev–Trinajstić information content (AvgIpc) is 2.94. The Balaban J connectivity index is 2.02. The fraction of sp³-hybridized carbons (Fsp3) is 0.611. The van der Waals surface area contributed by atoms with Gasteiger partial charge in [0.1, 0.15) is 0 Å². The van der Waals surface area contributed by atoms with Gasteiger partial charge in [0.15, 0.2) is 0 Å². The second-order valence-electron chi connectivity index (χ2n) is 6.57. The molecule has 0 radical (unpaired) electrons. The number of benzene rings is 1. The van der Waals surface area contributed by atoms with Crippen LogP contribution in [0.4, 0.5) is 0 Å². The normalized spacial score (nSPS) is 17.1. The third-order valence-corrected chi connectivity index (χ3v) is 4.13. The summed E-state index contributed by atoms with van der Waals surface area (Å²) in [5, 5.41) is 3.12. The van der Waals surface area contributed by atoms with E-state index in [1.54, 1.807) is 0 Å². The zero-order chi connectivity index (χ0) is 15.2. The van der Waals surface area contributed by atoms with Gasteiger partial charge in [-0.2, -0.15) is 0 Å². The first-order chi connectivity index (χ1) is 10.1. The molecular formula is C18H28N2O. The predicted molar refractivity (Wildman–Crippen MR) is 87.2 cm³/mol. The van der Waals surface area contributed by atoms with Crippen molar-refractivity contribution in [3.05, 3.63) is 35.4 Å². The average molecular weight is 288 g/mol. The molecule has 0 aromatic heterocycles. The molecule has 0 saturated carbocycles. The highest BCUT2D eigenvalue weighted by atomic mass is 16.1. The van der Waals surface area contributed by atoms with Crippen LogP contribution in [0, 0.1) is 12.8 Å². The number of carbonyl (C=O) groups excluding carboxylic acids is 1. The highest BCUT2D eigenvalue weighted by Crippen LogP contribution is 2.25. The number of hydrogen-bond acceptors (Lipinski definition) is 2. The summed E-state index contributed by atoms with van der Waals surface area (Å²) in [6, 6.07) is 9.03. The molecule has 1 fully saturated rings. The van der Waals surface area contributed by atoms with Gasteiger partial charge in [-0.25, -0.2) is 0 Å². The van der Waals surface area contributed by atoms with Crippen molar-refractivity contribution in [1.29, 1.82) is 0 Å². The van der Waals surface area contributed by atoms with Crippen LogP contribution >= 0.6 is 0 Å². The van der Waals surface area contributed by atoms with Crippen LogP contribution in [-0.4, -0.2) is 30.4 Å². The van der Waals surface area contributed by atoms with E-state index in [1.165, 1.54) is 24.0 Å². The molecule has 3 heteroatoms. The molecule has 1 aromatic carbocycles. The highest BCUT2D eigenvalue weighted by Gasteiger charge is 2.23. The Morgan fingerprint density at radius 2 is 1.81 bits per heavy atom. The first-order valence-electron chi connectivity index (χ1n) is 8.13. The third kappa shape index (κ3) is 4.85. The molecule has 1 aliphatic rings. The molecule has 21 heavy (non-hydrogen) atoms. The minimum absolute atomic E-state index is 0.168. The summed E-state index contributed by atoms with van der Waals surface area (Å²) >= 11 is 0. The second kappa shape index (κ2) is 7.60. The van der Waals surface area contributed by atoms with Crippen LogP contribution in [-0.2, 0) is 4.79 Å². The van der Waals surface area contributed by atoms with Crippen molar-refractivity contribution in [2.45, 2.75) is 46.1 Å². The van der Waals surface area contributed by atoms with Crippen molar-refractivity contribution in [3.8, 4) is 0 Å². The minimum atomic E-state index is 0.168. The monoisotopic (exact) mass is 288 g/mol.